The van der Waals surface area contributed by atoms with Crippen LogP contribution in [-0.2, 0) is 14.2 Å². The molecule has 1 aliphatic rings. The number of rotatable bonds is 2. The van der Waals surface area contributed by atoms with Gasteiger partial charge < -0.3 is 28.9 Å². The first kappa shape index (κ1) is 27.3. The van der Waals surface area contributed by atoms with Gasteiger partial charge in [-0.3, -0.25) is 0 Å². The number of fused-ring (bicyclic) bond motifs is 2. The van der Waals surface area contributed by atoms with E-state index in [1.165, 1.54) is 0 Å². The van der Waals surface area contributed by atoms with Gasteiger partial charge in [0.05, 0.1) is 39.6 Å². The molecule has 40 heavy (non-hydrogen) atoms. The van der Waals surface area contributed by atoms with E-state index in [9.17, 15) is 5.21 Å². The van der Waals surface area contributed by atoms with Gasteiger partial charge in [0.15, 0.2) is 17.2 Å². The zero-order valence-electron chi connectivity index (χ0n) is 22.2. The largest absolute Gasteiger partial charge is 0.594 e. The Morgan fingerprint density at radius 1 is 0.500 bits per heavy atom. The lowest BCUT2D eigenvalue weighted by Gasteiger charge is -2.13. The minimum atomic E-state index is 0.270. The van der Waals surface area contributed by atoms with Crippen molar-refractivity contribution in [1.29, 1.82) is 0 Å². The minimum Gasteiger partial charge on any atom is -0.594 e. The quantitative estimate of drug-likeness (QED) is 0.206. The zero-order chi connectivity index (χ0) is 27.4. The predicted octanol–water partition coefficient (Wildman–Crippen LogP) is 6.77. The molecule has 8 nitrogen and oxygen atoms in total. The van der Waals surface area contributed by atoms with E-state index in [0.717, 1.165) is 22.3 Å². The molecule has 4 aromatic carbocycles. The molecular formula is C32H32N2O6. The molecule has 0 bridgehead atoms. The van der Waals surface area contributed by atoms with Crippen LogP contribution in [0.15, 0.2) is 102 Å². The van der Waals surface area contributed by atoms with Crippen molar-refractivity contribution in [3.8, 4) is 33.8 Å². The van der Waals surface area contributed by atoms with Crippen LogP contribution in [0.1, 0.15) is 0 Å². The molecule has 0 amide bonds. The summed E-state index contributed by atoms with van der Waals surface area (Å²) in [6.45, 7) is 3.11. The van der Waals surface area contributed by atoms with Crippen molar-refractivity contribution in [1.82, 2.24) is 0 Å². The van der Waals surface area contributed by atoms with E-state index in [0.29, 0.717) is 68.3 Å². The van der Waals surface area contributed by atoms with Gasteiger partial charge in [0.2, 0.25) is 0 Å². The molecule has 0 N–H and O–H groups in total. The van der Waals surface area contributed by atoms with Crippen LogP contribution in [-0.4, -0.2) is 57.7 Å². The first-order chi connectivity index (χ1) is 19.8. The number of azo groups is 1. The maximum atomic E-state index is 13.7. The maximum Gasteiger partial charge on any atom is 0.287 e. The van der Waals surface area contributed by atoms with Gasteiger partial charge in [-0.15, -0.1) is 0 Å². The van der Waals surface area contributed by atoms with Crippen molar-refractivity contribution >= 4 is 11.4 Å². The molecule has 0 radical (unpaired) electrons. The molecule has 1 aliphatic heterocycles. The molecule has 5 rings (SSSR count). The van der Waals surface area contributed by atoms with Crippen molar-refractivity contribution in [2.24, 2.45) is 5.11 Å². The number of benzene rings is 4. The smallest absolute Gasteiger partial charge is 0.287 e. The molecular weight excluding hydrogens is 508 g/mol. The lowest BCUT2D eigenvalue weighted by molar-refractivity contribution is -0.436. The van der Waals surface area contributed by atoms with Gasteiger partial charge >= 0.3 is 0 Å². The first-order valence-electron chi connectivity index (χ1n) is 13.3. The molecule has 0 fully saturated rings. The topological polar surface area (TPSA) is 84.6 Å². The summed E-state index contributed by atoms with van der Waals surface area (Å²) < 4.78 is 28.7. The van der Waals surface area contributed by atoms with E-state index in [1.54, 1.807) is 12.1 Å². The number of nitrogens with zero attached hydrogens (tertiary/aromatic N) is 2. The standard InChI is InChI=1S/C32H32N2O6/c35-34-30-24-28(26-9-5-2-6-10-26)12-14-32(30)40-22-20-38-18-16-36-15-17-37-19-21-39-31-13-11-27(23-29(31)33-34)25-7-3-1-4-8-25/h1-14,23-24H,15-22H2. The van der Waals surface area contributed by atoms with Crippen molar-refractivity contribution in [2.75, 3.05) is 52.9 Å². The monoisotopic (exact) mass is 540 g/mol. The van der Waals surface area contributed by atoms with E-state index in [1.807, 2.05) is 84.9 Å². The van der Waals surface area contributed by atoms with Crippen LogP contribution in [0.5, 0.6) is 11.5 Å². The summed E-state index contributed by atoms with van der Waals surface area (Å²) >= 11 is 0. The highest BCUT2D eigenvalue weighted by atomic mass is 16.6. The third-order valence-corrected chi connectivity index (χ3v) is 6.25. The average Bonchev–Trinajstić information content (AvgIpc) is 3.00. The van der Waals surface area contributed by atoms with Crippen LogP contribution in [0.4, 0.5) is 11.4 Å². The Morgan fingerprint density at radius 2 is 0.975 bits per heavy atom. The second-order valence-corrected chi connectivity index (χ2v) is 9.00. The predicted molar refractivity (Wildman–Crippen MR) is 153 cm³/mol. The molecule has 0 unspecified atom stereocenters. The van der Waals surface area contributed by atoms with Gasteiger partial charge in [0.25, 0.3) is 5.69 Å². The second kappa shape index (κ2) is 14.2. The summed E-state index contributed by atoms with van der Waals surface area (Å²) in [6, 6.07) is 30.9. The van der Waals surface area contributed by atoms with Gasteiger partial charge in [-0.25, -0.2) is 0 Å². The Hall–Kier alpha value is -4.24. The highest BCUT2D eigenvalue weighted by Crippen LogP contribution is 2.37. The molecule has 0 aliphatic carbocycles. The van der Waals surface area contributed by atoms with Crippen molar-refractivity contribution < 1.29 is 28.5 Å². The summed E-state index contributed by atoms with van der Waals surface area (Å²) in [7, 11) is 0. The van der Waals surface area contributed by atoms with Crippen LogP contribution in [0, 0.1) is 5.21 Å². The molecule has 0 saturated heterocycles. The Morgan fingerprint density at radius 3 is 1.55 bits per heavy atom. The number of ether oxygens (including phenoxy) is 5. The Balaban J connectivity index is 1.53. The third-order valence-electron chi connectivity index (χ3n) is 6.25. The van der Waals surface area contributed by atoms with E-state index in [2.05, 4.69) is 5.11 Å². The van der Waals surface area contributed by atoms with Gasteiger partial charge in [-0.05, 0) is 45.3 Å². The molecule has 206 valence electrons. The minimum absolute atomic E-state index is 0.270. The average molecular weight is 541 g/mol. The molecule has 8 heteroatoms. The van der Waals surface area contributed by atoms with E-state index in [-0.39, 0.29) is 12.3 Å². The van der Waals surface area contributed by atoms with Gasteiger partial charge in [-0.1, -0.05) is 72.8 Å². The Bertz CT molecular complexity index is 1400. The molecule has 0 saturated carbocycles. The lowest BCUT2D eigenvalue weighted by atomic mass is 10.0. The fraction of sp³-hybridized carbons (Fsp3) is 0.250. The molecule has 0 atom stereocenters. The zero-order valence-corrected chi connectivity index (χ0v) is 22.2. The SMILES string of the molecule is [O-][N+]1=Nc2cc(-c3ccccc3)ccc2OCCOCCOCCOCCOc2ccc(-c3ccccc3)cc21. The Kier molecular flexibility index (Phi) is 9.72. The third kappa shape index (κ3) is 7.45. The van der Waals surface area contributed by atoms with Gasteiger partial charge in [0, 0.05) is 11.2 Å². The normalized spacial score (nSPS) is 15.6. The van der Waals surface area contributed by atoms with Crippen molar-refractivity contribution in [2.45, 2.75) is 0 Å². The van der Waals surface area contributed by atoms with Crippen molar-refractivity contribution in [3.05, 3.63) is 102 Å². The van der Waals surface area contributed by atoms with Crippen molar-refractivity contribution in [3.63, 3.8) is 0 Å². The first-order valence-corrected chi connectivity index (χ1v) is 13.3. The highest BCUT2D eigenvalue weighted by Gasteiger charge is 2.18. The van der Waals surface area contributed by atoms with Crippen LogP contribution >= 0.6 is 0 Å². The highest BCUT2D eigenvalue weighted by molar-refractivity contribution is 5.71. The summed E-state index contributed by atoms with van der Waals surface area (Å²) in [6.07, 6.45) is 0. The van der Waals surface area contributed by atoms with Crippen LogP contribution in [0.3, 0.4) is 0 Å². The summed E-state index contributed by atoms with van der Waals surface area (Å²) in [5.74, 6) is 0.889. The van der Waals surface area contributed by atoms with E-state index >= 15 is 0 Å². The van der Waals surface area contributed by atoms with Gasteiger partial charge in [-0.2, -0.15) is 0 Å². The fourth-order valence-electron chi connectivity index (χ4n) is 4.24. The van der Waals surface area contributed by atoms with Gasteiger partial charge in [0.1, 0.15) is 13.2 Å². The summed E-state index contributed by atoms with van der Waals surface area (Å²) in [5, 5.41) is 18.1. The van der Waals surface area contributed by atoms with Crippen LogP contribution in [0.25, 0.3) is 22.3 Å². The van der Waals surface area contributed by atoms with E-state index in [4.69, 9.17) is 23.7 Å². The summed E-state index contributed by atoms with van der Waals surface area (Å²) in [4.78, 5) is 0.595. The molecule has 0 aromatic heterocycles. The number of hydrogen-bond donors (Lipinski definition) is 0. The molecule has 0 spiro atoms. The summed E-state index contributed by atoms with van der Waals surface area (Å²) in [5.41, 5.74) is 4.45. The number of hydrogen-bond acceptors (Lipinski definition) is 7. The fourth-order valence-corrected chi connectivity index (χ4v) is 4.24. The second-order valence-electron chi connectivity index (χ2n) is 9.00. The lowest BCUT2D eigenvalue weighted by Crippen LogP contribution is -2.14. The van der Waals surface area contributed by atoms with Crippen LogP contribution in [0.2, 0.25) is 0 Å². The molecule has 4 aromatic rings. The Labute approximate surface area is 233 Å². The maximum absolute atomic E-state index is 13.7. The van der Waals surface area contributed by atoms with E-state index < -0.39 is 0 Å². The van der Waals surface area contributed by atoms with Crippen LogP contribution < -0.4 is 9.47 Å². The molecule has 1 heterocycles.